The molecular formula is C19H27N3O3. The lowest BCUT2D eigenvalue weighted by Gasteiger charge is -2.33. The molecule has 25 heavy (non-hydrogen) atoms. The van der Waals surface area contributed by atoms with Crippen LogP contribution < -0.4 is 0 Å². The van der Waals surface area contributed by atoms with Gasteiger partial charge < -0.3 is 9.84 Å². The van der Waals surface area contributed by atoms with Crippen LogP contribution in [0, 0.1) is 0 Å². The molecule has 6 heteroatoms. The zero-order valence-corrected chi connectivity index (χ0v) is 15.5. The van der Waals surface area contributed by atoms with Crippen molar-refractivity contribution in [2.75, 3.05) is 6.54 Å². The van der Waals surface area contributed by atoms with Crippen LogP contribution in [0.2, 0.25) is 0 Å². The maximum Gasteiger partial charge on any atom is 0.410 e. The minimum atomic E-state index is -0.840. The van der Waals surface area contributed by atoms with Crippen LogP contribution in [-0.4, -0.2) is 38.0 Å². The first kappa shape index (κ1) is 19.0. The Hall–Kier alpha value is -2.34. The van der Waals surface area contributed by atoms with Gasteiger partial charge >= 0.3 is 6.09 Å². The summed E-state index contributed by atoms with van der Waals surface area (Å²) in [4.78, 5) is 14.3. The quantitative estimate of drug-likeness (QED) is 0.901. The average Bonchev–Trinajstić information content (AvgIpc) is 2.97. The van der Waals surface area contributed by atoms with E-state index in [1.54, 1.807) is 29.0 Å². The molecule has 0 aliphatic heterocycles. The normalized spacial score (nSPS) is 14.0. The highest BCUT2D eigenvalue weighted by Gasteiger charge is 2.29. The number of aliphatic hydroxyl groups excluding tert-OH is 1. The highest BCUT2D eigenvalue weighted by Crippen LogP contribution is 2.25. The van der Waals surface area contributed by atoms with E-state index in [-0.39, 0.29) is 12.6 Å². The summed E-state index contributed by atoms with van der Waals surface area (Å²) in [5.74, 6) is 0. The summed E-state index contributed by atoms with van der Waals surface area (Å²) in [7, 11) is 1.79. The Bertz CT molecular complexity index is 691. The molecule has 2 unspecified atom stereocenters. The summed E-state index contributed by atoms with van der Waals surface area (Å²) in [6, 6.07) is 9.46. The van der Waals surface area contributed by atoms with E-state index in [1.165, 1.54) is 0 Å². The number of aromatic nitrogens is 2. The molecule has 1 aromatic heterocycles. The summed E-state index contributed by atoms with van der Waals surface area (Å²) >= 11 is 0. The van der Waals surface area contributed by atoms with Gasteiger partial charge in [-0.05, 0) is 33.3 Å². The molecule has 0 spiro atoms. The Kier molecular flexibility index (Phi) is 5.85. The van der Waals surface area contributed by atoms with Crippen LogP contribution in [0.4, 0.5) is 4.79 Å². The molecule has 0 saturated heterocycles. The van der Waals surface area contributed by atoms with Gasteiger partial charge in [0.15, 0.2) is 0 Å². The van der Waals surface area contributed by atoms with Gasteiger partial charge in [0.05, 0.1) is 24.9 Å². The monoisotopic (exact) mass is 345 g/mol. The van der Waals surface area contributed by atoms with E-state index < -0.39 is 17.8 Å². The number of nitrogens with zero attached hydrogens (tertiary/aromatic N) is 3. The van der Waals surface area contributed by atoms with E-state index in [4.69, 9.17) is 4.74 Å². The maximum atomic E-state index is 12.7. The topological polar surface area (TPSA) is 67.6 Å². The number of carbonyl (C=O) groups excluding carboxylic acids is 1. The van der Waals surface area contributed by atoms with Crippen molar-refractivity contribution in [1.29, 1.82) is 0 Å². The number of ether oxygens (including phenoxy) is 1. The van der Waals surface area contributed by atoms with Crippen LogP contribution >= 0.6 is 0 Å². The van der Waals surface area contributed by atoms with Gasteiger partial charge in [-0.3, -0.25) is 9.58 Å². The van der Waals surface area contributed by atoms with Crippen LogP contribution in [0.25, 0.3) is 0 Å². The molecule has 1 N–H and O–H groups in total. The predicted octanol–water partition coefficient (Wildman–Crippen LogP) is 3.45. The third-order valence-electron chi connectivity index (χ3n) is 3.86. The van der Waals surface area contributed by atoms with Gasteiger partial charge in [-0.25, -0.2) is 4.79 Å². The Morgan fingerprint density at radius 3 is 2.44 bits per heavy atom. The summed E-state index contributed by atoms with van der Waals surface area (Å²) in [5.41, 5.74) is 1.04. The average molecular weight is 345 g/mol. The first-order chi connectivity index (χ1) is 11.7. The largest absolute Gasteiger partial charge is 0.444 e. The summed E-state index contributed by atoms with van der Waals surface area (Å²) in [6.07, 6.45) is 2.05. The number of hydrogen-bond donors (Lipinski definition) is 1. The molecule has 1 heterocycles. The van der Waals surface area contributed by atoms with Gasteiger partial charge in [-0.2, -0.15) is 5.10 Å². The molecule has 1 aromatic carbocycles. The Balaban J connectivity index is 2.23. The lowest BCUT2D eigenvalue weighted by atomic mass is 10.1. The van der Waals surface area contributed by atoms with Crippen molar-refractivity contribution in [3.05, 3.63) is 53.9 Å². The van der Waals surface area contributed by atoms with E-state index in [0.717, 1.165) is 5.56 Å². The fourth-order valence-corrected chi connectivity index (χ4v) is 2.53. The van der Waals surface area contributed by atoms with Crippen LogP contribution in [0.3, 0.4) is 0 Å². The number of carbonyl (C=O) groups is 1. The number of amides is 1. The molecule has 0 aliphatic carbocycles. The number of benzene rings is 1. The van der Waals surface area contributed by atoms with Crippen molar-refractivity contribution in [1.82, 2.24) is 14.7 Å². The van der Waals surface area contributed by atoms with Gasteiger partial charge in [-0.15, -0.1) is 0 Å². The zero-order valence-electron chi connectivity index (χ0n) is 15.5. The summed E-state index contributed by atoms with van der Waals surface area (Å²) in [5, 5.41) is 14.6. The SMILES string of the molecule is CC(c1ccccc1)N(CC(O)c1cnn(C)c1)C(=O)OC(C)(C)C. The Labute approximate surface area is 149 Å². The van der Waals surface area contributed by atoms with E-state index >= 15 is 0 Å². The molecule has 1 amide bonds. The van der Waals surface area contributed by atoms with E-state index in [2.05, 4.69) is 5.10 Å². The van der Waals surface area contributed by atoms with Crippen molar-refractivity contribution < 1.29 is 14.6 Å². The van der Waals surface area contributed by atoms with E-state index in [0.29, 0.717) is 5.56 Å². The molecule has 136 valence electrons. The molecule has 0 saturated carbocycles. The standard InChI is InChI=1S/C19H27N3O3/c1-14(15-9-7-6-8-10-15)22(18(24)25-19(2,3)4)13-17(23)16-11-20-21(5)12-16/h6-12,14,17,23H,13H2,1-5H3. The third kappa shape index (κ3) is 5.32. The van der Waals surface area contributed by atoms with Gasteiger partial charge in [0.25, 0.3) is 0 Å². The molecule has 0 fully saturated rings. The predicted molar refractivity (Wildman–Crippen MR) is 96.0 cm³/mol. The molecular weight excluding hydrogens is 318 g/mol. The van der Waals surface area contributed by atoms with Gasteiger partial charge in [0.1, 0.15) is 5.60 Å². The van der Waals surface area contributed by atoms with Crippen LogP contribution in [0.1, 0.15) is 51.0 Å². The second-order valence-electron chi connectivity index (χ2n) is 7.18. The Morgan fingerprint density at radius 2 is 1.92 bits per heavy atom. The highest BCUT2D eigenvalue weighted by molar-refractivity contribution is 5.69. The lowest BCUT2D eigenvalue weighted by molar-refractivity contribution is 0.00509. The second kappa shape index (κ2) is 7.70. The molecule has 2 rings (SSSR count). The van der Waals surface area contributed by atoms with Gasteiger partial charge in [0.2, 0.25) is 0 Å². The van der Waals surface area contributed by atoms with Crippen molar-refractivity contribution in [3.63, 3.8) is 0 Å². The molecule has 6 nitrogen and oxygen atoms in total. The van der Waals surface area contributed by atoms with Crippen LogP contribution in [-0.2, 0) is 11.8 Å². The molecule has 0 radical (unpaired) electrons. The van der Waals surface area contributed by atoms with Crippen molar-refractivity contribution in [2.45, 2.75) is 45.4 Å². The van der Waals surface area contributed by atoms with Crippen LogP contribution in [0.15, 0.2) is 42.7 Å². The fraction of sp³-hybridized carbons (Fsp3) is 0.474. The minimum Gasteiger partial charge on any atom is -0.444 e. The first-order valence-electron chi connectivity index (χ1n) is 8.38. The smallest absolute Gasteiger partial charge is 0.410 e. The third-order valence-corrected chi connectivity index (χ3v) is 3.86. The second-order valence-corrected chi connectivity index (χ2v) is 7.18. The molecule has 2 atom stereocenters. The van der Waals surface area contributed by atoms with E-state index in [1.807, 2.05) is 58.0 Å². The summed E-state index contributed by atoms with van der Waals surface area (Å²) < 4.78 is 7.16. The number of aliphatic hydroxyl groups is 1. The van der Waals surface area contributed by atoms with Crippen LogP contribution in [0.5, 0.6) is 0 Å². The number of hydrogen-bond acceptors (Lipinski definition) is 4. The fourth-order valence-electron chi connectivity index (χ4n) is 2.53. The first-order valence-corrected chi connectivity index (χ1v) is 8.38. The molecule has 2 aromatic rings. The maximum absolute atomic E-state index is 12.7. The zero-order chi connectivity index (χ0) is 18.6. The lowest BCUT2D eigenvalue weighted by Crippen LogP contribution is -2.40. The molecule has 0 bridgehead atoms. The van der Waals surface area contributed by atoms with E-state index in [9.17, 15) is 9.90 Å². The Morgan fingerprint density at radius 1 is 1.28 bits per heavy atom. The van der Waals surface area contributed by atoms with Gasteiger partial charge in [-0.1, -0.05) is 30.3 Å². The summed E-state index contributed by atoms with van der Waals surface area (Å²) in [6.45, 7) is 7.53. The van der Waals surface area contributed by atoms with Gasteiger partial charge in [0, 0.05) is 18.8 Å². The number of rotatable bonds is 5. The highest BCUT2D eigenvalue weighted by atomic mass is 16.6. The van der Waals surface area contributed by atoms with Crippen molar-refractivity contribution in [2.24, 2.45) is 7.05 Å². The van der Waals surface area contributed by atoms with Crippen molar-refractivity contribution in [3.8, 4) is 0 Å². The number of aryl methyl sites for hydroxylation is 1. The molecule has 0 aliphatic rings. The van der Waals surface area contributed by atoms with Crippen molar-refractivity contribution >= 4 is 6.09 Å². The minimum absolute atomic E-state index is 0.122.